The SMILES string of the molecule is CCC(C)CC(C)CCCCCCCCC(=O)N[C@H]1C[C@@H](O)[C@@H](CNC(=O)CN)NC(=O)[C@@H]2[C@@H](O)CCN2C(=O)[C@H]([C@H](O)CCN)NC(=O)[C@H]([C@H](O)[C@@H](O)c2ccc(O)cc2)NC(=O)[C@@H]2C[C@@H](O)CN2C(=O)[C@H]([C@@H](C)O)NC1=O. The van der Waals surface area contributed by atoms with Crippen molar-refractivity contribution in [3.63, 3.8) is 0 Å². The zero-order chi connectivity index (χ0) is 58.7. The van der Waals surface area contributed by atoms with Crippen molar-refractivity contribution in [3.8, 4) is 5.75 Å². The summed E-state index contributed by atoms with van der Waals surface area (Å²) in [5, 5.41) is 104. The Morgan fingerprint density at radius 1 is 0.709 bits per heavy atom. The van der Waals surface area contributed by atoms with Gasteiger partial charge < -0.3 is 94.0 Å². The Morgan fingerprint density at radius 2 is 1.33 bits per heavy atom. The van der Waals surface area contributed by atoms with Gasteiger partial charge in [-0.25, -0.2) is 0 Å². The number of phenolic OH excluding ortho intramolecular Hbond substituents is 1. The third-order valence-electron chi connectivity index (χ3n) is 15.2. The highest BCUT2D eigenvalue weighted by Gasteiger charge is 2.49. The lowest BCUT2D eigenvalue weighted by molar-refractivity contribution is -0.148. The Morgan fingerprint density at radius 3 is 1.96 bits per heavy atom. The van der Waals surface area contributed by atoms with Gasteiger partial charge in [0.05, 0.1) is 43.1 Å². The molecule has 2 unspecified atom stereocenters. The Hall–Kier alpha value is -5.58. The molecule has 0 saturated carbocycles. The van der Waals surface area contributed by atoms with E-state index in [-0.39, 0.29) is 43.7 Å². The van der Waals surface area contributed by atoms with Crippen molar-refractivity contribution in [1.29, 1.82) is 0 Å². The maximum absolute atomic E-state index is 14.6. The van der Waals surface area contributed by atoms with Crippen LogP contribution in [0.1, 0.15) is 129 Å². The Bertz CT molecular complexity index is 2180. The number of carbonyl (C=O) groups is 8. The smallest absolute Gasteiger partial charge is 0.248 e. The summed E-state index contributed by atoms with van der Waals surface area (Å²) in [5.41, 5.74) is 11.2. The standard InChI is InChI=1S/C53H88N10O16/c1-5-28(2)22-29(3)12-10-8-6-7-9-11-13-40(70)57-34-24-39(69)35(26-56-41(71)25-55)58-51(77)45-38(68)19-21-62(45)53(79)43(37(67)18-20-54)60-50(76)44(47(73)46(72)31-14-16-32(65)17-15-31)61-49(75)36-23-33(66)27-63(36)52(78)42(30(4)64)59-48(34)74/h14-17,28-30,33-39,42-47,64-69,72-73H,5-13,18-27,54-55H2,1-4H3,(H,56,71)(H,57,70)(H,58,77)(H,59,74)(H,60,76)(H,61,75)/t28?,29?,30-,33-,34+,35-,36+,37-,38+,39-,42+,43+,44+,45+,46+,47+/m1/s1. The van der Waals surface area contributed by atoms with Crippen molar-refractivity contribution in [1.82, 2.24) is 41.7 Å². The number of aliphatic hydroxyl groups is 7. The van der Waals surface area contributed by atoms with Gasteiger partial charge in [-0.2, -0.15) is 0 Å². The molecule has 0 aromatic heterocycles. The highest BCUT2D eigenvalue weighted by molar-refractivity contribution is 5.98. The number of hydrogen-bond donors (Lipinski definition) is 16. The lowest BCUT2D eigenvalue weighted by atomic mass is 9.91. The first-order valence-corrected chi connectivity index (χ1v) is 27.8. The van der Waals surface area contributed by atoms with Crippen molar-refractivity contribution in [2.75, 3.05) is 32.7 Å². The highest BCUT2D eigenvalue weighted by atomic mass is 16.3. The fourth-order valence-electron chi connectivity index (χ4n) is 10.4. The minimum absolute atomic E-state index is 0.0663. The molecule has 3 aliphatic heterocycles. The van der Waals surface area contributed by atoms with Crippen molar-refractivity contribution >= 4 is 47.3 Å². The van der Waals surface area contributed by atoms with Gasteiger partial charge in [-0.3, -0.25) is 38.4 Å². The summed E-state index contributed by atoms with van der Waals surface area (Å²) in [5.74, 6) is -7.52. The van der Waals surface area contributed by atoms with E-state index in [1.54, 1.807) is 0 Å². The molecule has 3 saturated heterocycles. The minimum Gasteiger partial charge on any atom is -0.508 e. The van der Waals surface area contributed by atoms with Gasteiger partial charge in [0.2, 0.25) is 47.3 Å². The van der Waals surface area contributed by atoms with E-state index >= 15 is 0 Å². The second-order valence-electron chi connectivity index (χ2n) is 21.7. The van der Waals surface area contributed by atoms with E-state index in [1.165, 1.54) is 18.6 Å². The fraction of sp³-hybridized carbons (Fsp3) is 0.736. The second kappa shape index (κ2) is 32.0. The molecule has 446 valence electrons. The molecular weight excluding hydrogens is 1030 g/mol. The van der Waals surface area contributed by atoms with E-state index in [2.05, 4.69) is 52.7 Å². The number of carbonyl (C=O) groups excluding carboxylic acids is 8. The molecule has 79 heavy (non-hydrogen) atoms. The van der Waals surface area contributed by atoms with Crippen LogP contribution in [-0.4, -0.2) is 210 Å². The number of rotatable bonds is 23. The topological polar surface area (TPSA) is 429 Å². The molecule has 3 fully saturated rings. The van der Waals surface area contributed by atoms with Gasteiger partial charge in [0, 0.05) is 38.9 Å². The molecular formula is C53H88N10O16. The van der Waals surface area contributed by atoms with Gasteiger partial charge in [0.15, 0.2) is 0 Å². The first kappa shape index (κ1) is 65.9. The van der Waals surface area contributed by atoms with Crippen LogP contribution in [0.5, 0.6) is 5.75 Å². The number of fused-ring (bicyclic) bond motifs is 2. The molecule has 3 heterocycles. The lowest BCUT2D eigenvalue weighted by Crippen LogP contribution is -2.64. The Balaban J connectivity index is 1.76. The number of hydrogen-bond acceptors (Lipinski definition) is 18. The largest absolute Gasteiger partial charge is 0.508 e. The number of nitrogens with zero attached hydrogens (tertiary/aromatic N) is 2. The van der Waals surface area contributed by atoms with E-state index in [9.17, 15) is 79.2 Å². The Kier molecular flexibility index (Phi) is 26.7. The summed E-state index contributed by atoms with van der Waals surface area (Å²) >= 11 is 0. The minimum atomic E-state index is -2.30. The maximum atomic E-state index is 14.6. The summed E-state index contributed by atoms with van der Waals surface area (Å²) in [6.45, 7) is 5.55. The predicted octanol–water partition coefficient (Wildman–Crippen LogP) is -3.74. The number of nitrogens with two attached hydrogens (primary N) is 2. The molecule has 8 amide bonds. The van der Waals surface area contributed by atoms with E-state index in [0.717, 1.165) is 67.4 Å². The third kappa shape index (κ3) is 19.3. The molecule has 0 bridgehead atoms. The normalized spacial score (nSPS) is 28.1. The molecule has 18 N–H and O–H groups in total. The number of aliphatic hydroxyl groups excluding tert-OH is 7. The van der Waals surface area contributed by atoms with E-state index in [1.807, 2.05) is 0 Å². The fourth-order valence-corrected chi connectivity index (χ4v) is 10.4. The van der Waals surface area contributed by atoms with Crippen molar-refractivity contribution in [2.45, 2.75) is 203 Å². The van der Waals surface area contributed by atoms with Crippen LogP contribution in [0.25, 0.3) is 0 Å². The highest BCUT2D eigenvalue weighted by Crippen LogP contribution is 2.27. The van der Waals surface area contributed by atoms with Crippen LogP contribution in [0.2, 0.25) is 0 Å². The summed E-state index contributed by atoms with van der Waals surface area (Å²) in [6, 6.07) is -8.30. The van der Waals surface area contributed by atoms with Crippen LogP contribution in [0.3, 0.4) is 0 Å². The molecule has 0 radical (unpaired) electrons. The lowest BCUT2D eigenvalue weighted by Gasteiger charge is -2.35. The maximum Gasteiger partial charge on any atom is 0.248 e. The van der Waals surface area contributed by atoms with Crippen molar-refractivity contribution < 1.29 is 79.2 Å². The van der Waals surface area contributed by atoms with Gasteiger partial charge in [0.25, 0.3) is 0 Å². The zero-order valence-corrected chi connectivity index (χ0v) is 45.9. The number of unbranched alkanes of at least 4 members (excludes halogenated alkanes) is 5. The summed E-state index contributed by atoms with van der Waals surface area (Å²) in [6.07, 6.45) is -6.17. The molecule has 4 rings (SSSR count). The van der Waals surface area contributed by atoms with Crippen LogP contribution in [0, 0.1) is 11.8 Å². The molecule has 16 atom stereocenters. The van der Waals surface area contributed by atoms with Crippen LogP contribution in [-0.2, 0) is 38.4 Å². The van der Waals surface area contributed by atoms with Crippen LogP contribution in [0.4, 0.5) is 0 Å². The second-order valence-corrected chi connectivity index (χ2v) is 21.7. The summed E-state index contributed by atoms with van der Waals surface area (Å²) in [7, 11) is 0. The first-order chi connectivity index (χ1) is 37.4. The zero-order valence-electron chi connectivity index (χ0n) is 45.9. The van der Waals surface area contributed by atoms with Crippen LogP contribution < -0.4 is 43.4 Å². The van der Waals surface area contributed by atoms with Gasteiger partial charge in [-0.05, 0) is 68.7 Å². The number of benzene rings is 1. The summed E-state index contributed by atoms with van der Waals surface area (Å²) in [4.78, 5) is 115. The molecule has 0 aliphatic carbocycles. The number of phenols is 1. The quantitative estimate of drug-likeness (QED) is 0.0468. The van der Waals surface area contributed by atoms with Gasteiger partial charge in [-0.15, -0.1) is 0 Å². The first-order valence-electron chi connectivity index (χ1n) is 27.8. The average molecular weight is 1120 g/mol. The molecule has 1 aromatic carbocycles. The van der Waals surface area contributed by atoms with Gasteiger partial charge >= 0.3 is 0 Å². The van der Waals surface area contributed by atoms with E-state index in [4.69, 9.17) is 11.5 Å². The number of nitrogens with one attached hydrogen (secondary N) is 6. The molecule has 1 aromatic rings. The molecule has 26 nitrogen and oxygen atoms in total. The summed E-state index contributed by atoms with van der Waals surface area (Å²) < 4.78 is 0. The Labute approximate surface area is 461 Å². The van der Waals surface area contributed by atoms with Crippen LogP contribution >= 0.6 is 0 Å². The monoisotopic (exact) mass is 1120 g/mol. The van der Waals surface area contributed by atoms with Gasteiger partial charge in [-0.1, -0.05) is 77.8 Å². The molecule has 3 aliphatic rings. The average Bonchev–Trinajstić information content (AvgIpc) is 4.04. The van der Waals surface area contributed by atoms with Crippen molar-refractivity contribution in [2.24, 2.45) is 23.3 Å². The van der Waals surface area contributed by atoms with E-state index < -0.39 is 165 Å². The van der Waals surface area contributed by atoms with E-state index in [0.29, 0.717) is 24.7 Å². The molecule has 26 heteroatoms. The van der Waals surface area contributed by atoms with Gasteiger partial charge in [0.1, 0.15) is 54.2 Å². The van der Waals surface area contributed by atoms with Crippen molar-refractivity contribution in [3.05, 3.63) is 29.8 Å². The third-order valence-corrected chi connectivity index (χ3v) is 15.2. The molecule has 0 spiro atoms. The number of amides is 8. The predicted molar refractivity (Wildman–Crippen MR) is 285 cm³/mol. The van der Waals surface area contributed by atoms with Crippen LogP contribution in [0.15, 0.2) is 24.3 Å². The number of aromatic hydroxyl groups is 1.